The Morgan fingerprint density at radius 3 is 2.76 bits per heavy atom. The number of nitrogens with zero attached hydrogens (tertiary/aromatic N) is 1. The zero-order valence-electron chi connectivity index (χ0n) is 11.7. The Balaban J connectivity index is 1.82. The summed E-state index contributed by atoms with van der Waals surface area (Å²) in [7, 11) is 1.61. The van der Waals surface area contributed by atoms with Crippen LogP contribution in [-0.2, 0) is 6.54 Å². The first kappa shape index (κ1) is 14.6. The van der Waals surface area contributed by atoms with E-state index in [1.54, 1.807) is 31.8 Å². The third-order valence-electron chi connectivity index (χ3n) is 2.82. The third kappa shape index (κ3) is 4.65. The van der Waals surface area contributed by atoms with Crippen LogP contribution in [0.25, 0.3) is 6.08 Å². The van der Waals surface area contributed by atoms with Gasteiger partial charge in [-0.1, -0.05) is 18.2 Å². The van der Waals surface area contributed by atoms with E-state index in [4.69, 9.17) is 4.74 Å². The van der Waals surface area contributed by atoms with E-state index in [9.17, 15) is 4.79 Å². The number of amides is 2. The van der Waals surface area contributed by atoms with Crippen molar-refractivity contribution in [1.82, 2.24) is 15.6 Å². The number of ether oxygens (including phenoxy) is 1. The van der Waals surface area contributed by atoms with Crippen molar-refractivity contribution >= 4 is 12.1 Å². The fraction of sp³-hybridized carbons (Fsp3) is 0.125. The predicted molar refractivity (Wildman–Crippen MR) is 81.6 cm³/mol. The average molecular weight is 283 g/mol. The first-order valence-corrected chi connectivity index (χ1v) is 6.52. The summed E-state index contributed by atoms with van der Waals surface area (Å²) in [4.78, 5) is 15.6. The Bertz CT molecular complexity index is 612. The van der Waals surface area contributed by atoms with Crippen molar-refractivity contribution in [2.45, 2.75) is 6.54 Å². The lowest BCUT2D eigenvalue weighted by Gasteiger charge is -2.05. The number of rotatable bonds is 5. The summed E-state index contributed by atoms with van der Waals surface area (Å²) < 4.78 is 5.22. The minimum Gasteiger partial charge on any atom is -0.496 e. The summed E-state index contributed by atoms with van der Waals surface area (Å²) in [6.45, 7) is 0.455. The molecule has 5 nitrogen and oxygen atoms in total. The van der Waals surface area contributed by atoms with Gasteiger partial charge in [-0.15, -0.1) is 0 Å². The summed E-state index contributed by atoms with van der Waals surface area (Å²) in [5.41, 5.74) is 1.89. The second-order valence-corrected chi connectivity index (χ2v) is 4.26. The molecule has 0 aliphatic rings. The van der Waals surface area contributed by atoms with Crippen LogP contribution in [0.2, 0.25) is 0 Å². The molecule has 108 valence electrons. The zero-order valence-corrected chi connectivity index (χ0v) is 11.7. The minimum atomic E-state index is -0.266. The van der Waals surface area contributed by atoms with E-state index in [0.717, 1.165) is 16.9 Å². The van der Waals surface area contributed by atoms with Crippen LogP contribution in [0.4, 0.5) is 4.79 Å². The molecule has 21 heavy (non-hydrogen) atoms. The number of aromatic nitrogens is 1. The maximum absolute atomic E-state index is 11.6. The van der Waals surface area contributed by atoms with Crippen LogP contribution in [0.1, 0.15) is 11.1 Å². The van der Waals surface area contributed by atoms with Crippen LogP contribution < -0.4 is 15.4 Å². The van der Waals surface area contributed by atoms with Gasteiger partial charge < -0.3 is 15.4 Å². The van der Waals surface area contributed by atoms with Gasteiger partial charge in [0.1, 0.15) is 5.75 Å². The van der Waals surface area contributed by atoms with Crippen LogP contribution in [0, 0.1) is 0 Å². The summed E-state index contributed by atoms with van der Waals surface area (Å²) in [6.07, 6.45) is 6.75. The molecule has 0 bridgehead atoms. The fourth-order valence-electron chi connectivity index (χ4n) is 1.75. The summed E-state index contributed by atoms with van der Waals surface area (Å²) in [5, 5.41) is 5.40. The average Bonchev–Trinajstić information content (AvgIpc) is 2.54. The van der Waals surface area contributed by atoms with Gasteiger partial charge in [0.05, 0.1) is 7.11 Å². The summed E-state index contributed by atoms with van der Waals surface area (Å²) in [6, 6.07) is 11.0. The number of benzene rings is 1. The van der Waals surface area contributed by atoms with Crippen LogP contribution in [0.15, 0.2) is 55.0 Å². The molecule has 1 aromatic heterocycles. The molecule has 1 heterocycles. The van der Waals surface area contributed by atoms with Gasteiger partial charge >= 0.3 is 6.03 Å². The number of carbonyl (C=O) groups is 1. The highest BCUT2D eigenvalue weighted by atomic mass is 16.5. The number of nitrogens with one attached hydrogen (secondary N) is 2. The second-order valence-electron chi connectivity index (χ2n) is 4.26. The molecular weight excluding hydrogens is 266 g/mol. The Kier molecular flexibility index (Phi) is 5.34. The number of pyridine rings is 1. The minimum absolute atomic E-state index is 0.266. The molecule has 0 saturated carbocycles. The molecule has 2 amide bonds. The Labute approximate surface area is 123 Å². The number of para-hydroxylation sites is 1. The van der Waals surface area contributed by atoms with Gasteiger partial charge in [-0.3, -0.25) is 4.98 Å². The SMILES string of the molecule is COc1ccccc1/C=C/NC(=O)NCc1ccncc1. The topological polar surface area (TPSA) is 63.2 Å². The maximum Gasteiger partial charge on any atom is 0.319 e. The Hall–Kier alpha value is -2.82. The second kappa shape index (κ2) is 7.69. The van der Waals surface area contributed by atoms with Gasteiger partial charge in [-0.2, -0.15) is 0 Å². The molecule has 1 aromatic carbocycles. The van der Waals surface area contributed by atoms with E-state index in [1.165, 1.54) is 0 Å². The highest BCUT2D eigenvalue weighted by Crippen LogP contribution is 2.18. The van der Waals surface area contributed by atoms with Crippen molar-refractivity contribution in [1.29, 1.82) is 0 Å². The molecule has 0 saturated heterocycles. The van der Waals surface area contributed by atoms with Crippen molar-refractivity contribution < 1.29 is 9.53 Å². The zero-order chi connectivity index (χ0) is 14.9. The maximum atomic E-state index is 11.6. The summed E-state index contributed by atoms with van der Waals surface area (Å²) in [5.74, 6) is 0.757. The molecule has 0 unspecified atom stereocenters. The number of urea groups is 1. The van der Waals surface area contributed by atoms with E-state index < -0.39 is 0 Å². The van der Waals surface area contributed by atoms with E-state index in [-0.39, 0.29) is 6.03 Å². The normalized spacial score (nSPS) is 10.3. The molecule has 0 aliphatic carbocycles. The lowest BCUT2D eigenvalue weighted by molar-refractivity contribution is 0.244. The first-order chi connectivity index (χ1) is 10.3. The molecule has 0 fully saturated rings. The van der Waals surface area contributed by atoms with Gasteiger partial charge in [0.25, 0.3) is 0 Å². The number of carbonyl (C=O) groups excluding carboxylic acids is 1. The van der Waals surface area contributed by atoms with Crippen LogP contribution in [0.5, 0.6) is 5.75 Å². The quantitative estimate of drug-likeness (QED) is 0.886. The molecule has 0 atom stereocenters. The molecule has 2 aromatic rings. The molecular formula is C16H17N3O2. The van der Waals surface area contributed by atoms with Crippen molar-refractivity contribution in [3.63, 3.8) is 0 Å². The predicted octanol–water partition coefficient (Wildman–Crippen LogP) is 2.56. The lowest BCUT2D eigenvalue weighted by Crippen LogP contribution is -2.31. The van der Waals surface area contributed by atoms with Gasteiger partial charge in [0.15, 0.2) is 0 Å². The Morgan fingerprint density at radius 1 is 1.24 bits per heavy atom. The van der Waals surface area contributed by atoms with E-state index in [1.807, 2.05) is 36.4 Å². The summed E-state index contributed by atoms with van der Waals surface area (Å²) >= 11 is 0. The van der Waals surface area contributed by atoms with E-state index in [0.29, 0.717) is 6.54 Å². The van der Waals surface area contributed by atoms with Gasteiger partial charge in [0, 0.05) is 30.7 Å². The van der Waals surface area contributed by atoms with Gasteiger partial charge in [-0.05, 0) is 29.8 Å². The van der Waals surface area contributed by atoms with Crippen LogP contribution in [-0.4, -0.2) is 18.1 Å². The van der Waals surface area contributed by atoms with Crippen molar-refractivity contribution in [3.05, 3.63) is 66.1 Å². The lowest BCUT2D eigenvalue weighted by atomic mass is 10.2. The fourth-order valence-corrected chi connectivity index (χ4v) is 1.75. The third-order valence-corrected chi connectivity index (χ3v) is 2.82. The van der Waals surface area contributed by atoms with Gasteiger partial charge in [-0.25, -0.2) is 4.79 Å². The van der Waals surface area contributed by atoms with Crippen LogP contribution in [0.3, 0.4) is 0 Å². The molecule has 0 radical (unpaired) electrons. The smallest absolute Gasteiger partial charge is 0.319 e. The molecule has 0 spiro atoms. The molecule has 2 rings (SSSR count). The molecule has 0 aliphatic heterocycles. The van der Waals surface area contributed by atoms with Crippen molar-refractivity contribution in [2.75, 3.05) is 7.11 Å². The van der Waals surface area contributed by atoms with Crippen molar-refractivity contribution in [3.8, 4) is 5.75 Å². The van der Waals surface area contributed by atoms with Gasteiger partial charge in [0.2, 0.25) is 0 Å². The first-order valence-electron chi connectivity index (χ1n) is 6.52. The van der Waals surface area contributed by atoms with E-state index >= 15 is 0 Å². The number of hydrogen-bond acceptors (Lipinski definition) is 3. The number of hydrogen-bond donors (Lipinski definition) is 2. The highest BCUT2D eigenvalue weighted by molar-refractivity contribution is 5.76. The van der Waals surface area contributed by atoms with E-state index in [2.05, 4.69) is 15.6 Å². The van der Waals surface area contributed by atoms with Crippen LogP contribution >= 0.6 is 0 Å². The number of methoxy groups -OCH3 is 1. The molecule has 2 N–H and O–H groups in total. The monoisotopic (exact) mass is 283 g/mol. The largest absolute Gasteiger partial charge is 0.496 e. The van der Waals surface area contributed by atoms with Crippen molar-refractivity contribution in [2.24, 2.45) is 0 Å². The molecule has 5 heteroatoms. The Morgan fingerprint density at radius 2 is 2.00 bits per heavy atom. The highest BCUT2D eigenvalue weighted by Gasteiger charge is 1.99. The standard InChI is InChI=1S/C16H17N3O2/c1-21-15-5-3-2-4-14(15)8-11-18-16(20)19-12-13-6-9-17-10-7-13/h2-11H,12H2,1H3,(H2,18,19,20)/b11-8+.